The number of benzene rings is 1. The zero-order valence-corrected chi connectivity index (χ0v) is 10.00. The highest BCUT2D eigenvalue weighted by Gasteiger charge is 2.13. The first-order chi connectivity index (χ1) is 8.69. The molecule has 18 heavy (non-hydrogen) atoms. The molecule has 1 aromatic heterocycles. The Labute approximate surface area is 104 Å². The van der Waals surface area contributed by atoms with Gasteiger partial charge in [-0.05, 0) is 5.56 Å². The van der Waals surface area contributed by atoms with Crippen LogP contribution in [0.15, 0.2) is 51.7 Å². The van der Waals surface area contributed by atoms with E-state index >= 15 is 0 Å². The van der Waals surface area contributed by atoms with Crippen LogP contribution in [0.4, 0.5) is 0 Å². The third-order valence-electron chi connectivity index (χ3n) is 2.60. The Morgan fingerprint density at radius 3 is 2.67 bits per heavy atom. The molecule has 0 spiro atoms. The Kier molecular flexibility index (Phi) is 3.79. The molecule has 0 aliphatic rings. The summed E-state index contributed by atoms with van der Waals surface area (Å²) >= 11 is 0. The number of methoxy groups -OCH3 is 1. The van der Waals surface area contributed by atoms with Crippen LogP contribution in [0.5, 0.6) is 5.75 Å². The van der Waals surface area contributed by atoms with E-state index < -0.39 is 11.7 Å². The Hall–Kier alpha value is -2.07. The van der Waals surface area contributed by atoms with Gasteiger partial charge in [0, 0.05) is 12.5 Å². The fourth-order valence-electron chi connectivity index (χ4n) is 1.69. The van der Waals surface area contributed by atoms with Crippen molar-refractivity contribution in [1.29, 1.82) is 0 Å². The number of aliphatic hydroxyl groups excluding tert-OH is 1. The van der Waals surface area contributed by atoms with E-state index in [9.17, 15) is 9.90 Å². The summed E-state index contributed by atoms with van der Waals surface area (Å²) in [5, 5.41) is 10.0. The smallest absolute Gasteiger partial charge is 0.339 e. The quantitative estimate of drug-likeness (QED) is 0.895. The molecule has 0 radical (unpaired) electrons. The van der Waals surface area contributed by atoms with Crippen LogP contribution >= 0.6 is 0 Å². The SMILES string of the molecule is COc1cc([C@@H](O)Cc2ccccc2)oc(=O)c1. The summed E-state index contributed by atoms with van der Waals surface area (Å²) in [5.74, 6) is 0.594. The number of aliphatic hydroxyl groups is 1. The normalized spacial score (nSPS) is 12.1. The molecule has 0 amide bonds. The first kappa shape index (κ1) is 12.4. The molecular weight excluding hydrogens is 232 g/mol. The number of hydrogen-bond donors (Lipinski definition) is 1. The summed E-state index contributed by atoms with van der Waals surface area (Å²) in [6.45, 7) is 0. The minimum atomic E-state index is -0.866. The van der Waals surface area contributed by atoms with E-state index in [0.29, 0.717) is 12.2 Å². The van der Waals surface area contributed by atoms with Gasteiger partial charge in [0.25, 0.3) is 0 Å². The Morgan fingerprint density at radius 2 is 2.00 bits per heavy atom. The largest absolute Gasteiger partial charge is 0.496 e. The Morgan fingerprint density at radius 1 is 1.28 bits per heavy atom. The molecular formula is C14H14O4. The zero-order valence-electron chi connectivity index (χ0n) is 10.00. The lowest BCUT2D eigenvalue weighted by molar-refractivity contribution is 0.144. The van der Waals surface area contributed by atoms with E-state index in [2.05, 4.69) is 0 Å². The highest BCUT2D eigenvalue weighted by Crippen LogP contribution is 2.20. The number of ether oxygens (including phenoxy) is 1. The Balaban J connectivity index is 2.21. The molecule has 0 saturated carbocycles. The van der Waals surface area contributed by atoms with E-state index in [4.69, 9.17) is 9.15 Å². The molecule has 1 N–H and O–H groups in total. The molecule has 1 aromatic carbocycles. The van der Waals surface area contributed by atoms with Crippen molar-refractivity contribution in [2.45, 2.75) is 12.5 Å². The second-order valence-electron chi connectivity index (χ2n) is 3.92. The van der Waals surface area contributed by atoms with Crippen LogP contribution in [0.25, 0.3) is 0 Å². The van der Waals surface area contributed by atoms with Gasteiger partial charge in [-0.1, -0.05) is 30.3 Å². The molecule has 94 valence electrons. The monoisotopic (exact) mass is 246 g/mol. The number of rotatable bonds is 4. The molecule has 1 atom stereocenters. The fraction of sp³-hybridized carbons (Fsp3) is 0.214. The van der Waals surface area contributed by atoms with Crippen LogP contribution < -0.4 is 10.4 Å². The Bertz CT molecular complexity index is 560. The highest BCUT2D eigenvalue weighted by atomic mass is 16.5. The van der Waals surface area contributed by atoms with E-state index in [1.807, 2.05) is 30.3 Å². The van der Waals surface area contributed by atoms with Crippen molar-refractivity contribution in [2.75, 3.05) is 7.11 Å². The van der Waals surface area contributed by atoms with Crippen LogP contribution in [-0.2, 0) is 6.42 Å². The van der Waals surface area contributed by atoms with Crippen molar-refractivity contribution in [1.82, 2.24) is 0 Å². The molecule has 0 bridgehead atoms. The zero-order chi connectivity index (χ0) is 13.0. The fourth-order valence-corrected chi connectivity index (χ4v) is 1.69. The summed E-state index contributed by atoms with van der Waals surface area (Å²) in [4.78, 5) is 11.3. The molecule has 1 heterocycles. The lowest BCUT2D eigenvalue weighted by atomic mass is 10.1. The molecule has 4 heteroatoms. The van der Waals surface area contributed by atoms with Crippen molar-refractivity contribution in [3.63, 3.8) is 0 Å². The highest BCUT2D eigenvalue weighted by molar-refractivity contribution is 5.23. The first-order valence-electron chi connectivity index (χ1n) is 5.60. The van der Waals surface area contributed by atoms with Crippen molar-refractivity contribution < 1.29 is 14.3 Å². The van der Waals surface area contributed by atoms with Gasteiger partial charge in [-0.15, -0.1) is 0 Å². The molecule has 0 unspecified atom stereocenters. The summed E-state index contributed by atoms with van der Waals surface area (Å²) in [6, 6.07) is 12.3. The summed E-state index contributed by atoms with van der Waals surface area (Å²) in [6.07, 6.45) is -0.480. The van der Waals surface area contributed by atoms with Gasteiger partial charge in [0.1, 0.15) is 17.6 Å². The third kappa shape index (κ3) is 2.99. The maximum absolute atomic E-state index is 11.3. The third-order valence-corrected chi connectivity index (χ3v) is 2.60. The topological polar surface area (TPSA) is 59.7 Å². The molecule has 4 nitrogen and oxygen atoms in total. The maximum atomic E-state index is 11.3. The van der Waals surface area contributed by atoms with E-state index in [0.717, 1.165) is 5.56 Å². The van der Waals surface area contributed by atoms with Crippen molar-refractivity contribution in [2.24, 2.45) is 0 Å². The predicted octanol–water partition coefficient (Wildman–Crippen LogP) is 1.92. The second-order valence-corrected chi connectivity index (χ2v) is 3.92. The van der Waals surface area contributed by atoms with Crippen LogP contribution in [-0.4, -0.2) is 12.2 Å². The lowest BCUT2D eigenvalue weighted by Crippen LogP contribution is -2.07. The van der Waals surface area contributed by atoms with Crippen LogP contribution in [0, 0.1) is 0 Å². The van der Waals surface area contributed by atoms with Crippen molar-refractivity contribution in [3.8, 4) is 5.75 Å². The van der Waals surface area contributed by atoms with Gasteiger partial charge in [0.2, 0.25) is 0 Å². The van der Waals surface area contributed by atoms with Gasteiger partial charge < -0.3 is 14.3 Å². The van der Waals surface area contributed by atoms with Crippen LogP contribution in [0.2, 0.25) is 0 Å². The van der Waals surface area contributed by atoms with Crippen LogP contribution in [0.1, 0.15) is 17.4 Å². The van der Waals surface area contributed by atoms with Crippen molar-refractivity contribution >= 4 is 0 Å². The molecule has 0 aliphatic heterocycles. The van der Waals surface area contributed by atoms with E-state index in [1.54, 1.807) is 0 Å². The standard InChI is InChI=1S/C14H14O4/c1-17-11-8-13(18-14(16)9-11)12(15)7-10-5-3-2-4-6-10/h2-6,8-9,12,15H,7H2,1H3/t12-/m0/s1. The first-order valence-corrected chi connectivity index (χ1v) is 5.60. The van der Waals surface area contributed by atoms with Crippen molar-refractivity contribution in [3.05, 3.63) is 64.2 Å². The molecule has 0 saturated heterocycles. The maximum Gasteiger partial charge on any atom is 0.339 e. The van der Waals surface area contributed by atoms with Gasteiger partial charge in [-0.2, -0.15) is 0 Å². The van der Waals surface area contributed by atoms with Gasteiger partial charge >= 0.3 is 5.63 Å². The summed E-state index contributed by atoms with van der Waals surface area (Å²) in [7, 11) is 1.46. The summed E-state index contributed by atoms with van der Waals surface area (Å²) < 4.78 is 9.93. The van der Waals surface area contributed by atoms with Gasteiger partial charge in [0.15, 0.2) is 0 Å². The number of hydrogen-bond acceptors (Lipinski definition) is 4. The van der Waals surface area contributed by atoms with Gasteiger partial charge in [0.05, 0.1) is 13.2 Å². The minimum Gasteiger partial charge on any atom is -0.496 e. The molecule has 2 rings (SSSR count). The summed E-state index contributed by atoms with van der Waals surface area (Å²) in [5.41, 5.74) is 0.437. The molecule has 0 aliphatic carbocycles. The van der Waals surface area contributed by atoms with Crippen LogP contribution in [0.3, 0.4) is 0 Å². The minimum absolute atomic E-state index is 0.211. The van der Waals surface area contributed by atoms with E-state index in [1.165, 1.54) is 19.2 Å². The van der Waals surface area contributed by atoms with Gasteiger partial charge in [-0.3, -0.25) is 0 Å². The molecule has 0 fully saturated rings. The van der Waals surface area contributed by atoms with E-state index in [-0.39, 0.29) is 5.76 Å². The van der Waals surface area contributed by atoms with Gasteiger partial charge in [-0.25, -0.2) is 4.79 Å². The average Bonchev–Trinajstić information content (AvgIpc) is 2.39. The second kappa shape index (κ2) is 5.51. The lowest BCUT2D eigenvalue weighted by Gasteiger charge is -2.10. The molecule has 2 aromatic rings. The average molecular weight is 246 g/mol. The predicted molar refractivity (Wildman–Crippen MR) is 66.6 cm³/mol.